The maximum atomic E-state index is 13.8. The van der Waals surface area contributed by atoms with Gasteiger partial charge in [-0.05, 0) is 61.4 Å². The van der Waals surface area contributed by atoms with E-state index in [0.29, 0.717) is 36.0 Å². The number of carbonyl (C=O) groups is 7. The van der Waals surface area contributed by atoms with Crippen molar-refractivity contribution in [1.29, 1.82) is 0 Å². The van der Waals surface area contributed by atoms with Gasteiger partial charge in [0.2, 0.25) is 0 Å². The monoisotopic (exact) mass is 1150 g/mol. The van der Waals surface area contributed by atoms with Crippen LogP contribution >= 0.6 is 0 Å². The SMILES string of the molecule is CC(=O)OC1C(COC2OC(COC(=O)c3ccccc3)C(C)C(OC(=O)c3ccccc3)C2C)OC(OCCCCCCCCC(=O)O)C(OC(C)=O)C1OC1OC(COC(=O)c2ccccc2)C(C)C(OC(=O)c2ccccc2)C1C. The highest BCUT2D eigenvalue weighted by atomic mass is 16.8. The molecule has 20 heteroatoms. The van der Waals surface area contributed by atoms with Crippen LogP contribution in [0.4, 0.5) is 0 Å². The molecule has 83 heavy (non-hydrogen) atoms. The summed E-state index contributed by atoms with van der Waals surface area (Å²) < 4.78 is 76.0. The second-order valence-electron chi connectivity index (χ2n) is 21.2. The number of unbranched alkanes of at least 4 members (excludes halogenated alkanes) is 5. The number of hydrogen-bond acceptors (Lipinski definition) is 19. The van der Waals surface area contributed by atoms with Crippen LogP contribution in [0.15, 0.2) is 121 Å². The molecule has 3 fully saturated rings. The van der Waals surface area contributed by atoms with Crippen LogP contribution < -0.4 is 0 Å². The van der Waals surface area contributed by atoms with Crippen LogP contribution in [0.3, 0.4) is 0 Å². The predicted molar refractivity (Wildman–Crippen MR) is 295 cm³/mol. The molecule has 3 aliphatic rings. The molecule has 4 aromatic carbocycles. The molecule has 3 aliphatic heterocycles. The number of rotatable bonds is 27. The summed E-state index contributed by atoms with van der Waals surface area (Å²) in [6.45, 7) is 8.62. The van der Waals surface area contributed by atoms with E-state index < -0.39 is 140 Å². The maximum absolute atomic E-state index is 13.8. The molecule has 7 rings (SSSR count). The lowest BCUT2D eigenvalue weighted by Gasteiger charge is -2.49. The molecule has 0 aromatic heterocycles. The standard InChI is InChI=1S/C63H76O20/c1-38-48(35-73-57(68)44-25-15-11-16-26-44)78-61(40(3)52(38)81-59(70)46-29-19-13-20-30-46)75-37-50-54(76-42(5)64)55(56(77-43(6)65)63(80-50)72-34-24-10-8-7-9-23-33-51(66)67)83-62-41(4)53(82-60(71)47-31-21-14-22-32-47)39(2)49(79-62)36-74-58(69)45-27-17-12-18-28-45/h11-22,25-32,38-41,48-50,52-56,61-63H,7-10,23-24,33-37H2,1-6H3,(H,66,67). The number of carbonyl (C=O) groups excluding carboxylic acids is 6. The summed E-state index contributed by atoms with van der Waals surface area (Å²) in [5, 5.41) is 9.06. The Hall–Kier alpha value is -7.07. The average molecular weight is 1150 g/mol. The van der Waals surface area contributed by atoms with Crippen molar-refractivity contribution >= 4 is 41.8 Å². The Morgan fingerprint density at radius 1 is 0.398 bits per heavy atom. The molecule has 15 unspecified atom stereocenters. The van der Waals surface area contributed by atoms with Crippen molar-refractivity contribution in [2.24, 2.45) is 23.7 Å². The minimum absolute atomic E-state index is 0.0889. The second-order valence-corrected chi connectivity index (χ2v) is 21.2. The molecule has 0 aliphatic carbocycles. The third-order valence-electron chi connectivity index (χ3n) is 15.0. The number of ether oxygens (including phenoxy) is 12. The van der Waals surface area contributed by atoms with Crippen molar-refractivity contribution in [2.75, 3.05) is 26.4 Å². The summed E-state index contributed by atoms with van der Waals surface area (Å²) in [7, 11) is 0. The lowest BCUT2D eigenvalue weighted by molar-refractivity contribution is -0.356. The molecular formula is C63H76O20. The van der Waals surface area contributed by atoms with Gasteiger partial charge in [-0.3, -0.25) is 14.4 Å². The van der Waals surface area contributed by atoms with Crippen LogP contribution in [-0.2, 0) is 71.2 Å². The fraction of sp³-hybridized carbons (Fsp3) is 0.508. The van der Waals surface area contributed by atoms with Crippen molar-refractivity contribution < 1.29 is 95.5 Å². The second kappa shape index (κ2) is 31.6. The van der Waals surface area contributed by atoms with Crippen LogP contribution in [0.2, 0.25) is 0 Å². The molecular weight excluding hydrogens is 1080 g/mol. The Balaban J connectivity index is 1.19. The fourth-order valence-corrected chi connectivity index (χ4v) is 10.4. The zero-order valence-electron chi connectivity index (χ0n) is 47.7. The lowest BCUT2D eigenvalue weighted by Crippen LogP contribution is -2.65. The predicted octanol–water partition coefficient (Wildman–Crippen LogP) is 8.97. The Labute approximate surface area is 483 Å². The van der Waals surface area contributed by atoms with Crippen molar-refractivity contribution in [2.45, 2.75) is 154 Å². The van der Waals surface area contributed by atoms with E-state index in [0.717, 1.165) is 19.3 Å². The molecule has 0 spiro atoms. The van der Waals surface area contributed by atoms with Gasteiger partial charge in [-0.15, -0.1) is 0 Å². The highest BCUT2D eigenvalue weighted by molar-refractivity contribution is 5.91. The van der Waals surface area contributed by atoms with Gasteiger partial charge in [0.25, 0.3) is 0 Å². The quantitative estimate of drug-likeness (QED) is 0.0332. The number of benzene rings is 4. The first-order valence-corrected chi connectivity index (χ1v) is 28.4. The maximum Gasteiger partial charge on any atom is 0.338 e. The normalized spacial score (nSPS) is 27.7. The van der Waals surface area contributed by atoms with Gasteiger partial charge >= 0.3 is 41.8 Å². The first kappa shape index (κ1) is 63.5. The number of aliphatic carboxylic acids is 1. The van der Waals surface area contributed by atoms with Crippen LogP contribution in [-0.4, -0.2) is 141 Å². The lowest BCUT2D eigenvalue weighted by atomic mass is 9.85. The van der Waals surface area contributed by atoms with Gasteiger partial charge in [-0.2, -0.15) is 0 Å². The van der Waals surface area contributed by atoms with E-state index in [9.17, 15) is 33.6 Å². The molecule has 4 aromatic rings. The molecule has 0 amide bonds. The van der Waals surface area contributed by atoms with Gasteiger partial charge in [0.05, 0.1) is 28.9 Å². The number of esters is 6. The molecule has 0 radical (unpaired) electrons. The topological polar surface area (TPSA) is 250 Å². The van der Waals surface area contributed by atoms with E-state index >= 15 is 0 Å². The third-order valence-corrected chi connectivity index (χ3v) is 15.0. The molecule has 1 N–H and O–H groups in total. The molecule has 20 nitrogen and oxygen atoms in total. The molecule has 448 valence electrons. The summed E-state index contributed by atoms with van der Waals surface area (Å²) in [6, 6.07) is 33.6. The van der Waals surface area contributed by atoms with Crippen molar-refractivity contribution in [3.8, 4) is 0 Å². The van der Waals surface area contributed by atoms with E-state index in [1.165, 1.54) is 13.8 Å². The molecule has 3 heterocycles. The first-order valence-electron chi connectivity index (χ1n) is 28.4. The highest BCUT2D eigenvalue weighted by Crippen LogP contribution is 2.40. The van der Waals surface area contributed by atoms with E-state index in [2.05, 4.69) is 0 Å². The van der Waals surface area contributed by atoms with E-state index in [-0.39, 0.29) is 31.8 Å². The Kier molecular flexibility index (Phi) is 24.1. The van der Waals surface area contributed by atoms with Crippen LogP contribution in [0.1, 0.15) is 128 Å². The van der Waals surface area contributed by atoms with E-state index in [1.807, 2.05) is 6.92 Å². The number of hydrogen-bond donors (Lipinski definition) is 1. The van der Waals surface area contributed by atoms with Gasteiger partial charge < -0.3 is 61.9 Å². The largest absolute Gasteiger partial charge is 0.481 e. The summed E-state index contributed by atoms with van der Waals surface area (Å²) in [5.41, 5.74) is 1.20. The summed E-state index contributed by atoms with van der Waals surface area (Å²) in [4.78, 5) is 91.7. The van der Waals surface area contributed by atoms with Crippen LogP contribution in [0, 0.1) is 23.7 Å². The number of carboxylic acid groups (broad SMARTS) is 1. The zero-order valence-corrected chi connectivity index (χ0v) is 47.7. The minimum Gasteiger partial charge on any atom is -0.481 e. The Bertz CT molecular complexity index is 2710. The Morgan fingerprint density at radius 2 is 0.795 bits per heavy atom. The highest BCUT2D eigenvalue weighted by Gasteiger charge is 2.55. The Morgan fingerprint density at radius 3 is 1.25 bits per heavy atom. The van der Waals surface area contributed by atoms with E-state index in [1.54, 1.807) is 142 Å². The van der Waals surface area contributed by atoms with Crippen LogP contribution in [0.5, 0.6) is 0 Å². The number of carboxylic acids is 1. The van der Waals surface area contributed by atoms with Gasteiger partial charge in [0.1, 0.15) is 49.8 Å². The summed E-state index contributed by atoms with van der Waals surface area (Å²) in [5.74, 6) is -7.45. The van der Waals surface area contributed by atoms with Gasteiger partial charge in [-0.1, -0.05) is 126 Å². The molecule has 0 saturated carbocycles. The molecule has 0 bridgehead atoms. The first-order chi connectivity index (χ1) is 40.0. The van der Waals surface area contributed by atoms with Crippen LogP contribution in [0.25, 0.3) is 0 Å². The van der Waals surface area contributed by atoms with Gasteiger partial charge in [0.15, 0.2) is 31.1 Å². The van der Waals surface area contributed by atoms with E-state index in [4.69, 9.17) is 61.9 Å². The van der Waals surface area contributed by atoms with Crippen molar-refractivity contribution in [3.63, 3.8) is 0 Å². The third kappa shape index (κ3) is 18.2. The average Bonchev–Trinajstić information content (AvgIpc) is 3.50. The van der Waals surface area contributed by atoms with Gasteiger partial charge in [-0.25, -0.2) is 19.2 Å². The zero-order chi connectivity index (χ0) is 59.4. The fourth-order valence-electron chi connectivity index (χ4n) is 10.4. The summed E-state index contributed by atoms with van der Waals surface area (Å²) in [6.07, 6.45) is -8.97. The smallest absolute Gasteiger partial charge is 0.338 e. The molecule has 3 saturated heterocycles. The van der Waals surface area contributed by atoms with Crippen molar-refractivity contribution in [1.82, 2.24) is 0 Å². The molecule has 15 atom stereocenters. The summed E-state index contributed by atoms with van der Waals surface area (Å²) >= 11 is 0. The van der Waals surface area contributed by atoms with Crippen molar-refractivity contribution in [3.05, 3.63) is 144 Å². The van der Waals surface area contributed by atoms with Gasteiger partial charge in [0, 0.05) is 50.5 Å². The minimum atomic E-state index is -1.46.